The summed E-state index contributed by atoms with van der Waals surface area (Å²) in [5.74, 6) is 1.16. The fraction of sp³-hybridized carbons (Fsp3) is 0.158. The van der Waals surface area contributed by atoms with Gasteiger partial charge < -0.3 is 14.4 Å². The number of aryl methyl sites for hydroxylation is 2. The first kappa shape index (κ1) is 18.4. The summed E-state index contributed by atoms with van der Waals surface area (Å²) in [5, 5.41) is 14.5. The molecule has 0 atom stereocenters. The molecule has 0 fully saturated rings. The highest BCUT2D eigenvalue weighted by Gasteiger charge is 2.12. The van der Waals surface area contributed by atoms with Crippen molar-refractivity contribution in [2.75, 3.05) is 5.32 Å². The van der Waals surface area contributed by atoms with Crippen molar-refractivity contribution >= 4 is 11.7 Å². The Balaban J connectivity index is 1.36. The Hall–Kier alpha value is -3.95. The zero-order chi connectivity index (χ0) is 20.2. The van der Waals surface area contributed by atoms with E-state index in [1.807, 2.05) is 7.05 Å². The van der Waals surface area contributed by atoms with E-state index >= 15 is 0 Å². The molecule has 146 valence electrons. The van der Waals surface area contributed by atoms with Crippen LogP contribution in [0.1, 0.15) is 12.3 Å². The highest BCUT2D eigenvalue weighted by Crippen LogP contribution is 2.19. The van der Waals surface area contributed by atoms with Crippen molar-refractivity contribution in [1.29, 1.82) is 0 Å². The average Bonchev–Trinajstić information content (AvgIpc) is 3.36. The van der Waals surface area contributed by atoms with Crippen molar-refractivity contribution < 1.29 is 13.7 Å². The van der Waals surface area contributed by atoms with E-state index in [0.717, 1.165) is 5.56 Å². The second-order valence-corrected chi connectivity index (χ2v) is 6.26. The van der Waals surface area contributed by atoms with Crippen LogP contribution < -0.4 is 5.32 Å². The predicted octanol–water partition coefficient (Wildman–Crippen LogP) is 2.64. The molecule has 3 heterocycles. The molecule has 0 aliphatic heterocycles. The number of nitrogens with one attached hydrogen (secondary N) is 1. The minimum atomic E-state index is -0.342. The number of carbonyl (C=O) groups is 1. The maximum Gasteiger partial charge on any atom is 0.227 e. The van der Waals surface area contributed by atoms with Crippen LogP contribution in [0.2, 0.25) is 0 Å². The van der Waals surface area contributed by atoms with E-state index in [4.69, 9.17) is 4.52 Å². The fourth-order valence-electron chi connectivity index (χ4n) is 2.68. The standard InChI is InChI=1S/C19H16FN7O2/c1-27-11-22-25-19(27)13-8-9-21-15(10-13)23-16(28)6-7-17-24-18(26-29-17)12-2-4-14(20)5-3-12/h2-5,8-11H,6-7H2,1H3,(H,21,23,28). The van der Waals surface area contributed by atoms with Crippen molar-refractivity contribution in [2.24, 2.45) is 7.05 Å². The van der Waals surface area contributed by atoms with Gasteiger partial charge in [0.2, 0.25) is 17.6 Å². The molecule has 4 rings (SSSR count). The van der Waals surface area contributed by atoms with Gasteiger partial charge in [-0.05, 0) is 36.4 Å². The first-order valence-electron chi connectivity index (χ1n) is 8.77. The van der Waals surface area contributed by atoms with Crippen LogP contribution in [0.4, 0.5) is 10.2 Å². The van der Waals surface area contributed by atoms with Crippen molar-refractivity contribution in [3.63, 3.8) is 0 Å². The van der Waals surface area contributed by atoms with Gasteiger partial charge in [-0.25, -0.2) is 9.37 Å². The molecule has 4 aromatic rings. The Morgan fingerprint density at radius 1 is 1.21 bits per heavy atom. The van der Waals surface area contributed by atoms with E-state index in [2.05, 4.69) is 30.6 Å². The number of hydrogen-bond acceptors (Lipinski definition) is 7. The quantitative estimate of drug-likeness (QED) is 0.536. The summed E-state index contributed by atoms with van der Waals surface area (Å²) in [5.41, 5.74) is 1.42. The first-order chi connectivity index (χ1) is 14.1. The van der Waals surface area contributed by atoms with Crippen molar-refractivity contribution in [3.8, 4) is 22.8 Å². The van der Waals surface area contributed by atoms with Crippen LogP contribution in [0.5, 0.6) is 0 Å². The lowest BCUT2D eigenvalue weighted by atomic mass is 10.2. The number of pyridine rings is 1. The zero-order valence-corrected chi connectivity index (χ0v) is 15.4. The Bertz CT molecular complexity index is 1140. The number of rotatable bonds is 6. The first-order valence-corrected chi connectivity index (χ1v) is 8.77. The van der Waals surface area contributed by atoms with Crippen LogP contribution in [0, 0.1) is 5.82 Å². The minimum Gasteiger partial charge on any atom is -0.339 e. The number of hydrogen-bond donors (Lipinski definition) is 1. The van der Waals surface area contributed by atoms with Gasteiger partial charge in [-0.3, -0.25) is 4.79 Å². The third-order valence-electron chi connectivity index (χ3n) is 4.13. The van der Waals surface area contributed by atoms with Crippen molar-refractivity contribution in [1.82, 2.24) is 29.9 Å². The molecule has 0 aliphatic carbocycles. The Morgan fingerprint density at radius 2 is 2.03 bits per heavy atom. The van der Waals surface area contributed by atoms with E-state index in [1.165, 1.54) is 12.1 Å². The number of anilines is 1. The molecule has 3 aromatic heterocycles. The number of carbonyl (C=O) groups excluding carboxylic acids is 1. The van der Waals surface area contributed by atoms with Crippen molar-refractivity contribution in [2.45, 2.75) is 12.8 Å². The molecule has 0 unspecified atom stereocenters. The van der Waals surface area contributed by atoms with Gasteiger partial charge in [0.05, 0.1) is 0 Å². The summed E-state index contributed by atoms with van der Waals surface area (Å²) >= 11 is 0. The summed E-state index contributed by atoms with van der Waals surface area (Å²) in [6, 6.07) is 9.27. The normalized spacial score (nSPS) is 10.8. The molecule has 1 amide bonds. The van der Waals surface area contributed by atoms with Crippen molar-refractivity contribution in [3.05, 3.63) is 60.6 Å². The highest BCUT2D eigenvalue weighted by molar-refractivity contribution is 5.90. The summed E-state index contributed by atoms with van der Waals surface area (Å²) in [7, 11) is 1.83. The second kappa shape index (κ2) is 7.97. The monoisotopic (exact) mass is 393 g/mol. The molecule has 0 spiro atoms. The molecule has 0 bridgehead atoms. The van der Waals surface area contributed by atoms with Gasteiger partial charge in [-0.1, -0.05) is 5.16 Å². The van der Waals surface area contributed by atoms with Gasteiger partial charge >= 0.3 is 0 Å². The fourth-order valence-corrected chi connectivity index (χ4v) is 2.68. The summed E-state index contributed by atoms with van der Waals surface area (Å²) in [6.45, 7) is 0. The van der Waals surface area contributed by atoms with Gasteiger partial charge in [0.25, 0.3) is 0 Å². The number of aromatic nitrogens is 6. The van der Waals surface area contributed by atoms with Crippen LogP contribution in [-0.4, -0.2) is 35.8 Å². The van der Waals surface area contributed by atoms with Crippen LogP contribution in [-0.2, 0) is 18.3 Å². The third-order valence-corrected chi connectivity index (χ3v) is 4.13. The highest BCUT2D eigenvalue weighted by atomic mass is 19.1. The smallest absolute Gasteiger partial charge is 0.227 e. The lowest BCUT2D eigenvalue weighted by Gasteiger charge is -2.05. The summed E-state index contributed by atoms with van der Waals surface area (Å²) in [4.78, 5) is 20.6. The maximum atomic E-state index is 13.0. The zero-order valence-electron chi connectivity index (χ0n) is 15.4. The van der Waals surface area contributed by atoms with E-state index in [-0.39, 0.29) is 24.6 Å². The molecule has 0 saturated carbocycles. The number of halogens is 1. The lowest BCUT2D eigenvalue weighted by Crippen LogP contribution is -2.13. The van der Waals surface area contributed by atoms with Gasteiger partial charge in [0, 0.05) is 37.2 Å². The molecule has 1 N–H and O–H groups in total. The molecule has 0 aliphatic rings. The predicted molar refractivity (Wildman–Crippen MR) is 101 cm³/mol. The number of amides is 1. The van der Waals surface area contributed by atoms with Gasteiger partial charge in [-0.15, -0.1) is 10.2 Å². The molecule has 10 heteroatoms. The summed E-state index contributed by atoms with van der Waals surface area (Å²) in [6.07, 6.45) is 3.59. The van der Waals surface area contributed by atoms with Crippen LogP contribution >= 0.6 is 0 Å². The molecular formula is C19H16FN7O2. The summed E-state index contributed by atoms with van der Waals surface area (Å²) < 4.78 is 19.9. The topological polar surface area (TPSA) is 112 Å². The molecule has 29 heavy (non-hydrogen) atoms. The SMILES string of the molecule is Cn1cnnc1-c1ccnc(NC(=O)CCc2nc(-c3ccc(F)cc3)no2)c1. The largest absolute Gasteiger partial charge is 0.339 e. The molecule has 1 aromatic carbocycles. The molecule has 9 nitrogen and oxygen atoms in total. The van der Waals surface area contributed by atoms with Crippen LogP contribution in [0.15, 0.2) is 53.4 Å². The minimum absolute atomic E-state index is 0.140. The van der Waals surface area contributed by atoms with E-state index in [9.17, 15) is 9.18 Å². The number of benzene rings is 1. The lowest BCUT2D eigenvalue weighted by molar-refractivity contribution is -0.116. The van der Waals surface area contributed by atoms with E-state index < -0.39 is 0 Å². The Kier molecular flexibility index (Phi) is 5.06. The van der Waals surface area contributed by atoms with Crippen LogP contribution in [0.3, 0.4) is 0 Å². The second-order valence-electron chi connectivity index (χ2n) is 6.26. The van der Waals surface area contributed by atoms with Gasteiger partial charge in [0.1, 0.15) is 18.0 Å². The average molecular weight is 393 g/mol. The maximum absolute atomic E-state index is 13.0. The third kappa shape index (κ3) is 4.32. The van der Waals surface area contributed by atoms with E-state index in [0.29, 0.717) is 28.9 Å². The molecular weight excluding hydrogens is 377 g/mol. The van der Waals surface area contributed by atoms with Gasteiger partial charge in [-0.2, -0.15) is 4.98 Å². The Labute approximate surface area is 164 Å². The van der Waals surface area contributed by atoms with E-state index in [1.54, 1.807) is 41.4 Å². The number of nitrogens with zero attached hydrogens (tertiary/aromatic N) is 6. The van der Waals surface area contributed by atoms with Crippen LogP contribution in [0.25, 0.3) is 22.8 Å². The Morgan fingerprint density at radius 3 is 2.79 bits per heavy atom. The molecule has 0 radical (unpaired) electrons. The van der Waals surface area contributed by atoms with Gasteiger partial charge in [0.15, 0.2) is 5.82 Å². The molecule has 0 saturated heterocycles.